The number of rotatable bonds is 6. The number of carbonyl (C=O) groups is 1. The van der Waals surface area contributed by atoms with Crippen LogP contribution in [-0.4, -0.2) is 82.8 Å². The summed E-state index contributed by atoms with van der Waals surface area (Å²) in [5.74, 6) is 1.49. The SMILES string of the molecule is CCn1c(-c2cnc(C)nc2)nc2c(N[C@H](C(=O)N3CCO[C@@H](C)C3)C(C)(C)O)ncnc21. The average Bonchev–Trinajstić information content (AvgIpc) is 3.16. The summed E-state index contributed by atoms with van der Waals surface area (Å²) in [5, 5.41) is 14.0. The molecule has 1 saturated heterocycles. The Labute approximate surface area is 192 Å². The first-order valence-electron chi connectivity index (χ1n) is 11.1. The van der Waals surface area contributed by atoms with Gasteiger partial charge in [0.15, 0.2) is 17.0 Å². The zero-order valence-electron chi connectivity index (χ0n) is 19.6. The van der Waals surface area contributed by atoms with E-state index in [4.69, 9.17) is 9.72 Å². The van der Waals surface area contributed by atoms with Crippen LogP contribution < -0.4 is 5.32 Å². The number of hydrogen-bond acceptors (Lipinski definition) is 9. The molecule has 3 aromatic rings. The smallest absolute Gasteiger partial charge is 0.248 e. The summed E-state index contributed by atoms with van der Waals surface area (Å²) < 4.78 is 7.50. The molecule has 11 nitrogen and oxygen atoms in total. The van der Waals surface area contributed by atoms with Gasteiger partial charge in [-0.2, -0.15) is 0 Å². The van der Waals surface area contributed by atoms with Gasteiger partial charge in [0.05, 0.1) is 23.9 Å². The minimum Gasteiger partial charge on any atom is -0.388 e. The Morgan fingerprint density at radius 3 is 2.67 bits per heavy atom. The van der Waals surface area contributed by atoms with Gasteiger partial charge in [-0.25, -0.2) is 24.9 Å². The molecule has 1 amide bonds. The minimum atomic E-state index is -1.35. The quantitative estimate of drug-likeness (QED) is 0.567. The van der Waals surface area contributed by atoms with Crippen molar-refractivity contribution in [3.63, 3.8) is 0 Å². The molecule has 0 bridgehead atoms. The van der Waals surface area contributed by atoms with Crippen molar-refractivity contribution in [1.82, 2.24) is 34.4 Å². The van der Waals surface area contributed by atoms with Gasteiger partial charge in [-0.3, -0.25) is 4.79 Å². The second kappa shape index (κ2) is 8.99. The van der Waals surface area contributed by atoms with E-state index < -0.39 is 11.6 Å². The van der Waals surface area contributed by atoms with Gasteiger partial charge in [-0.15, -0.1) is 0 Å². The van der Waals surface area contributed by atoms with Crippen LogP contribution in [-0.2, 0) is 16.1 Å². The van der Waals surface area contributed by atoms with Crippen LogP contribution in [0.4, 0.5) is 5.82 Å². The number of aromatic nitrogens is 6. The molecule has 11 heteroatoms. The van der Waals surface area contributed by atoms with Crippen LogP contribution in [0.25, 0.3) is 22.6 Å². The number of anilines is 1. The van der Waals surface area contributed by atoms with E-state index in [1.54, 1.807) is 31.1 Å². The molecule has 2 atom stereocenters. The van der Waals surface area contributed by atoms with Crippen LogP contribution in [0.5, 0.6) is 0 Å². The summed E-state index contributed by atoms with van der Waals surface area (Å²) in [5.41, 5.74) is 0.528. The van der Waals surface area contributed by atoms with Gasteiger partial charge in [0, 0.05) is 32.0 Å². The van der Waals surface area contributed by atoms with E-state index in [0.29, 0.717) is 54.9 Å². The number of amides is 1. The normalized spacial score (nSPS) is 17.9. The van der Waals surface area contributed by atoms with Crippen molar-refractivity contribution >= 4 is 22.9 Å². The predicted octanol–water partition coefficient (Wildman–Crippen LogP) is 1.41. The summed E-state index contributed by atoms with van der Waals surface area (Å²) in [7, 11) is 0. The van der Waals surface area contributed by atoms with E-state index in [1.165, 1.54) is 6.33 Å². The largest absolute Gasteiger partial charge is 0.388 e. The van der Waals surface area contributed by atoms with Crippen LogP contribution in [0.15, 0.2) is 18.7 Å². The summed E-state index contributed by atoms with van der Waals surface area (Å²) in [6, 6.07) is -0.932. The monoisotopic (exact) mass is 454 g/mol. The Morgan fingerprint density at radius 2 is 2.03 bits per heavy atom. The molecule has 0 aromatic carbocycles. The summed E-state index contributed by atoms with van der Waals surface area (Å²) in [6.07, 6.45) is 4.81. The van der Waals surface area contributed by atoms with Gasteiger partial charge in [0.25, 0.3) is 0 Å². The molecule has 4 rings (SSSR count). The number of hydrogen-bond donors (Lipinski definition) is 2. The molecule has 176 valence electrons. The molecule has 2 N–H and O–H groups in total. The van der Waals surface area contributed by atoms with Crippen molar-refractivity contribution in [3.05, 3.63) is 24.5 Å². The molecule has 1 fully saturated rings. The molecule has 0 radical (unpaired) electrons. The van der Waals surface area contributed by atoms with E-state index in [9.17, 15) is 9.90 Å². The number of nitrogens with one attached hydrogen (secondary N) is 1. The van der Waals surface area contributed by atoms with E-state index in [-0.39, 0.29) is 12.0 Å². The topological polar surface area (TPSA) is 131 Å². The highest BCUT2D eigenvalue weighted by Crippen LogP contribution is 2.28. The molecule has 0 spiro atoms. The third-order valence-corrected chi connectivity index (χ3v) is 5.67. The average molecular weight is 455 g/mol. The Kier molecular flexibility index (Phi) is 6.26. The van der Waals surface area contributed by atoms with Crippen LogP contribution in [0.2, 0.25) is 0 Å². The molecular weight excluding hydrogens is 424 g/mol. The number of ether oxygens (including phenoxy) is 1. The molecule has 33 heavy (non-hydrogen) atoms. The number of imidazole rings is 1. The van der Waals surface area contributed by atoms with Gasteiger partial charge in [0.1, 0.15) is 24.0 Å². The number of morpholine rings is 1. The Hall–Kier alpha value is -3.18. The van der Waals surface area contributed by atoms with Crippen LogP contribution in [0, 0.1) is 6.92 Å². The van der Waals surface area contributed by atoms with Crippen molar-refractivity contribution in [2.24, 2.45) is 0 Å². The highest BCUT2D eigenvalue weighted by atomic mass is 16.5. The molecule has 0 saturated carbocycles. The van der Waals surface area contributed by atoms with Gasteiger partial charge in [-0.05, 0) is 34.6 Å². The van der Waals surface area contributed by atoms with Gasteiger partial charge < -0.3 is 24.6 Å². The van der Waals surface area contributed by atoms with E-state index in [0.717, 1.165) is 5.56 Å². The first-order chi connectivity index (χ1) is 15.7. The number of aryl methyl sites for hydroxylation is 2. The second-order valence-electron chi connectivity index (χ2n) is 8.79. The van der Waals surface area contributed by atoms with Crippen LogP contribution >= 0.6 is 0 Å². The standard InChI is InChI=1S/C22H30N8O3/c1-6-30-19(15-9-23-14(3)24-10-15)27-16-18(25-12-26-20(16)30)28-17(22(4,5)32)21(31)29-7-8-33-13(2)11-29/h9-10,12-13,17,32H,6-8,11H2,1-5H3,(H,25,26,28)/t13-,17+/m0/s1. The second-order valence-corrected chi connectivity index (χ2v) is 8.79. The number of aliphatic hydroxyl groups is 1. The maximum Gasteiger partial charge on any atom is 0.248 e. The first-order valence-corrected chi connectivity index (χ1v) is 11.1. The lowest BCUT2D eigenvalue weighted by molar-refractivity contribution is -0.143. The van der Waals surface area contributed by atoms with E-state index in [1.807, 2.05) is 25.3 Å². The number of carbonyl (C=O) groups excluding carboxylic acids is 1. The van der Waals surface area contributed by atoms with Crippen molar-refractivity contribution < 1.29 is 14.6 Å². The fourth-order valence-corrected chi connectivity index (χ4v) is 3.95. The highest BCUT2D eigenvalue weighted by molar-refractivity contribution is 5.91. The zero-order chi connectivity index (χ0) is 23.8. The highest BCUT2D eigenvalue weighted by Gasteiger charge is 2.38. The van der Waals surface area contributed by atoms with Gasteiger partial charge in [0.2, 0.25) is 5.91 Å². The van der Waals surface area contributed by atoms with Crippen molar-refractivity contribution in [2.45, 2.75) is 58.9 Å². The summed E-state index contributed by atoms with van der Waals surface area (Å²) in [4.78, 5) is 37.2. The molecule has 1 aliphatic rings. The van der Waals surface area contributed by atoms with E-state index in [2.05, 4.69) is 25.3 Å². The predicted molar refractivity (Wildman–Crippen MR) is 122 cm³/mol. The van der Waals surface area contributed by atoms with Gasteiger partial charge in [-0.1, -0.05) is 0 Å². The van der Waals surface area contributed by atoms with Crippen LogP contribution in [0.1, 0.15) is 33.5 Å². The zero-order valence-corrected chi connectivity index (χ0v) is 19.6. The Bertz CT molecular complexity index is 1140. The molecular formula is C22H30N8O3. The maximum absolute atomic E-state index is 13.4. The molecule has 0 aliphatic carbocycles. The maximum atomic E-state index is 13.4. The Morgan fingerprint density at radius 1 is 1.30 bits per heavy atom. The Balaban J connectivity index is 1.73. The lowest BCUT2D eigenvalue weighted by atomic mass is 9.97. The van der Waals surface area contributed by atoms with Crippen LogP contribution in [0.3, 0.4) is 0 Å². The lowest BCUT2D eigenvalue weighted by Gasteiger charge is -2.37. The van der Waals surface area contributed by atoms with Crippen molar-refractivity contribution in [1.29, 1.82) is 0 Å². The number of fused-ring (bicyclic) bond motifs is 1. The third-order valence-electron chi connectivity index (χ3n) is 5.67. The molecule has 0 unspecified atom stereocenters. The van der Waals surface area contributed by atoms with Crippen molar-refractivity contribution in [2.75, 3.05) is 25.0 Å². The molecule has 3 aromatic heterocycles. The van der Waals surface area contributed by atoms with Gasteiger partial charge >= 0.3 is 0 Å². The fraction of sp³-hybridized carbons (Fsp3) is 0.545. The third kappa shape index (κ3) is 4.64. The molecule has 4 heterocycles. The minimum absolute atomic E-state index is 0.0598. The number of nitrogens with zero attached hydrogens (tertiary/aromatic N) is 7. The molecule has 1 aliphatic heterocycles. The van der Waals surface area contributed by atoms with E-state index >= 15 is 0 Å². The summed E-state index contributed by atoms with van der Waals surface area (Å²) in [6.45, 7) is 11.0. The lowest BCUT2D eigenvalue weighted by Crippen LogP contribution is -2.57. The summed E-state index contributed by atoms with van der Waals surface area (Å²) >= 11 is 0. The fourth-order valence-electron chi connectivity index (χ4n) is 3.95. The van der Waals surface area contributed by atoms with Crippen molar-refractivity contribution in [3.8, 4) is 11.4 Å². The first kappa shape index (κ1) is 23.0.